The maximum Gasteiger partial charge on any atom is 0.326 e. The van der Waals surface area contributed by atoms with Crippen LogP contribution in [0.1, 0.15) is 5.56 Å². The van der Waals surface area contributed by atoms with Crippen molar-refractivity contribution in [2.75, 3.05) is 0 Å². The van der Waals surface area contributed by atoms with Gasteiger partial charge in [-0.05, 0) is 29.0 Å². The zero-order chi connectivity index (χ0) is 17.2. The topological polar surface area (TPSA) is 61.2 Å². The molecule has 0 saturated carbocycles. The molecule has 25 heavy (non-hydrogen) atoms. The van der Waals surface area contributed by atoms with Crippen LogP contribution in [-0.4, -0.2) is 15.5 Å². The van der Waals surface area contributed by atoms with Crippen molar-refractivity contribution >= 4 is 38.3 Å². The quantitative estimate of drug-likeness (QED) is 0.530. The van der Waals surface area contributed by atoms with E-state index in [4.69, 9.17) is 4.74 Å². The fourth-order valence-corrected chi connectivity index (χ4v) is 3.65. The highest BCUT2D eigenvalue weighted by Crippen LogP contribution is 2.26. The molecular weight excluding hydrogens is 336 g/mol. The molecule has 0 amide bonds. The summed E-state index contributed by atoms with van der Waals surface area (Å²) in [4.78, 5) is 28.7. The van der Waals surface area contributed by atoms with Gasteiger partial charge >= 0.3 is 5.97 Å². The van der Waals surface area contributed by atoms with E-state index in [0.717, 1.165) is 15.6 Å². The number of rotatable bonds is 4. The molecule has 0 atom stereocenters. The molecule has 0 spiro atoms. The van der Waals surface area contributed by atoms with E-state index in [1.54, 1.807) is 29.5 Å². The van der Waals surface area contributed by atoms with Crippen molar-refractivity contribution in [2.24, 2.45) is 0 Å². The summed E-state index contributed by atoms with van der Waals surface area (Å²) in [6.07, 6.45) is 1.38. The van der Waals surface area contributed by atoms with Crippen molar-refractivity contribution in [1.82, 2.24) is 9.55 Å². The van der Waals surface area contributed by atoms with E-state index in [1.165, 1.54) is 10.9 Å². The van der Waals surface area contributed by atoms with E-state index in [0.29, 0.717) is 10.9 Å². The second-order valence-electron chi connectivity index (χ2n) is 5.61. The molecule has 5 nitrogen and oxygen atoms in total. The van der Waals surface area contributed by atoms with Crippen molar-refractivity contribution in [3.8, 4) is 0 Å². The van der Waals surface area contributed by atoms with E-state index in [1.807, 2.05) is 35.7 Å². The summed E-state index contributed by atoms with van der Waals surface area (Å²) >= 11 is 1.62. The van der Waals surface area contributed by atoms with Gasteiger partial charge in [-0.15, -0.1) is 11.3 Å². The van der Waals surface area contributed by atoms with Gasteiger partial charge in [0.1, 0.15) is 13.2 Å². The first-order valence-electron chi connectivity index (χ1n) is 7.77. The summed E-state index contributed by atoms with van der Waals surface area (Å²) in [5.74, 6) is -0.463. The molecule has 0 radical (unpaired) electrons. The molecule has 0 saturated heterocycles. The molecule has 0 aliphatic carbocycles. The third kappa shape index (κ3) is 3.04. The molecule has 0 aliphatic rings. The molecular formula is C19H14N2O3S. The van der Waals surface area contributed by atoms with Gasteiger partial charge in [-0.25, -0.2) is 4.98 Å². The van der Waals surface area contributed by atoms with Gasteiger partial charge in [0.2, 0.25) is 0 Å². The molecule has 6 heteroatoms. The lowest BCUT2D eigenvalue weighted by molar-refractivity contribution is -0.145. The number of esters is 1. The first-order valence-corrected chi connectivity index (χ1v) is 8.65. The van der Waals surface area contributed by atoms with Gasteiger partial charge in [-0.2, -0.15) is 0 Å². The first kappa shape index (κ1) is 15.5. The van der Waals surface area contributed by atoms with E-state index in [-0.39, 0.29) is 18.7 Å². The number of aromatic nitrogens is 2. The maximum absolute atomic E-state index is 12.4. The monoisotopic (exact) mass is 350 g/mol. The Balaban J connectivity index is 1.49. The zero-order valence-electron chi connectivity index (χ0n) is 13.2. The van der Waals surface area contributed by atoms with Gasteiger partial charge in [0.15, 0.2) is 0 Å². The molecule has 0 N–H and O–H groups in total. The van der Waals surface area contributed by atoms with E-state index in [9.17, 15) is 9.59 Å². The lowest BCUT2D eigenvalue weighted by Crippen LogP contribution is -2.25. The third-order valence-corrected chi connectivity index (χ3v) is 4.99. The minimum atomic E-state index is -0.463. The highest BCUT2D eigenvalue weighted by atomic mass is 32.1. The van der Waals surface area contributed by atoms with Gasteiger partial charge in [0, 0.05) is 10.3 Å². The number of fused-ring (bicyclic) bond motifs is 2. The van der Waals surface area contributed by atoms with E-state index < -0.39 is 5.97 Å². The predicted molar refractivity (Wildman–Crippen MR) is 97.6 cm³/mol. The number of para-hydroxylation sites is 1. The lowest BCUT2D eigenvalue weighted by Gasteiger charge is -2.07. The smallest absolute Gasteiger partial charge is 0.326 e. The third-order valence-electron chi connectivity index (χ3n) is 3.98. The molecule has 0 fully saturated rings. The number of carbonyl (C=O) groups is 1. The maximum atomic E-state index is 12.4. The Morgan fingerprint density at radius 3 is 2.72 bits per heavy atom. The SMILES string of the molecule is O=C(Cn1cnc2ccccc2c1=O)OCc1csc2ccccc12. The van der Waals surface area contributed by atoms with Gasteiger partial charge in [0.05, 0.1) is 17.2 Å². The van der Waals surface area contributed by atoms with Crippen LogP contribution < -0.4 is 5.56 Å². The lowest BCUT2D eigenvalue weighted by atomic mass is 10.2. The van der Waals surface area contributed by atoms with Crippen molar-refractivity contribution < 1.29 is 9.53 Å². The number of thiophene rings is 1. The van der Waals surface area contributed by atoms with Crippen molar-refractivity contribution in [1.29, 1.82) is 0 Å². The van der Waals surface area contributed by atoms with Crippen LogP contribution in [0, 0.1) is 0 Å². The largest absolute Gasteiger partial charge is 0.459 e. The molecule has 4 aromatic rings. The van der Waals surface area contributed by atoms with Crippen LogP contribution in [0.3, 0.4) is 0 Å². The second-order valence-corrected chi connectivity index (χ2v) is 6.52. The number of benzene rings is 2. The number of nitrogens with zero attached hydrogens (tertiary/aromatic N) is 2. The molecule has 2 aromatic carbocycles. The zero-order valence-corrected chi connectivity index (χ0v) is 14.0. The molecule has 124 valence electrons. The van der Waals surface area contributed by atoms with Crippen LogP contribution in [0.15, 0.2) is 65.0 Å². The van der Waals surface area contributed by atoms with Crippen LogP contribution in [0.4, 0.5) is 0 Å². The highest BCUT2D eigenvalue weighted by molar-refractivity contribution is 7.17. The Hall–Kier alpha value is -2.99. The number of carbonyl (C=O) groups excluding carboxylic acids is 1. The first-order chi connectivity index (χ1) is 12.2. The summed E-state index contributed by atoms with van der Waals surface area (Å²) in [5.41, 5.74) is 1.34. The molecule has 2 heterocycles. The average Bonchev–Trinajstić information content (AvgIpc) is 3.06. The second kappa shape index (κ2) is 6.49. The van der Waals surface area contributed by atoms with Gasteiger partial charge in [-0.3, -0.25) is 14.2 Å². The van der Waals surface area contributed by atoms with Gasteiger partial charge in [-0.1, -0.05) is 30.3 Å². The molecule has 2 aromatic heterocycles. The molecule has 0 aliphatic heterocycles. The van der Waals surface area contributed by atoms with Gasteiger partial charge < -0.3 is 4.74 Å². The summed E-state index contributed by atoms with van der Waals surface area (Å²) in [5, 5.41) is 3.56. The summed E-state index contributed by atoms with van der Waals surface area (Å²) < 4.78 is 7.78. The normalized spacial score (nSPS) is 11.0. The Labute approximate surface area is 147 Å². The van der Waals surface area contributed by atoms with Crippen LogP contribution in [0.25, 0.3) is 21.0 Å². The Morgan fingerprint density at radius 2 is 1.84 bits per heavy atom. The summed E-state index contributed by atoms with van der Waals surface area (Å²) in [6, 6.07) is 15.0. The van der Waals surface area contributed by atoms with Crippen molar-refractivity contribution in [2.45, 2.75) is 13.2 Å². The number of hydrogen-bond donors (Lipinski definition) is 0. The molecule has 0 bridgehead atoms. The van der Waals surface area contributed by atoms with Crippen molar-refractivity contribution in [3.05, 3.63) is 76.2 Å². The fraction of sp³-hybridized carbons (Fsp3) is 0.105. The Bertz CT molecular complexity index is 1130. The van der Waals surface area contributed by atoms with E-state index in [2.05, 4.69) is 4.98 Å². The van der Waals surface area contributed by atoms with Crippen LogP contribution >= 0.6 is 11.3 Å². The number of hydrogen-bond acceptors (Lipinski definition) is 5. The average molecular weight is 350 g/mol. The standard InChI is InChI=1S/C19H14N2O3S/c22-18(24-10-13-11-25-17-8-4-2-5-14(13)17)9-21-12-20-16-7-3-1-6-15(16)19(21)23/h1-8,11-12H,9-10H2. The summed E-state index contributed by atoms with van der Waals surface area (Å²) in [7, 11) is 0. The van der Waals surface area contributed by atoms with Crippen LogP contribution in [-0.2, 0) is 22.7 Å². The predicted octanol–water partition coefficient (Wildman–Crippen LogP) is 3.35. The minimum Gasteiger partial charge on any atom is -0.459 e. The van der Waals surface area contributed by atoms with E-state index >= 15 is 0 Å². The summed E-state index contributed by atoms with van der Waals surface area (Å²) in [6.45, 7) is 0.0390. The Morgan fingerprint density at radius 1 is 1.08 bits per heavy atom. The van der Waals surface area contributed by atoms with Crippen LogP contribution in [0.5, 0.6) is 0 Å². The van der Waals surface area contributed by atoms with Crippen LogP contribution in [0.2, 0.25) is 0 Å². The fourth-order valence-electron chi connectivity index (χ4n) is 2.71. The van der Waals surface area contributed by atoms with Gasteiger partial charge in [0.25, 0.3) is 5.56 Å². The highest BCUT2D eigenvalue weighted by Gasteiger charge is 2.10. The Kier molecular flexibility index (Phi) is 4.03. The molecule has 0 unspecified atom stereocenters. The minimum absolute atomic E-state index is 0.154. The number of ether oxygens (including phenoxy) is 1. The van der Waals surface area contributed by atoms with Crippen molar-refractivity contribution in [3.63, 3.8) is 0 Å². The molecule has 4 rings (SSSR count).